The molecule has 35 heavy (non-hydrogen) atoms. The van der Waals surface area contributed by atoms with Gasteiger partial charge in [-0.2, -0.15) is 5.10 Å². The molecule has 0 spiro atoms. The molecular formula is C28H30FN3O3. The van der Waals surface area contributed by atoms with Crippen molar-refractivity contribution in [3.8, 4) is 17.4 Å². The van der Waals surface area contributed by atoms with Crippen LogP contribution in [0.4, 0.5) is 4.39 Å². The minimum Gasteiger partial charge on any atom is -0.494 e. The lowest BCUT2D eigenvalue weighted by molar-refractivity contribution is 0.397. The molecule has 6 nitrogen and oxygen atoms in total. The number of hydrogen-bond acceptors (Lipinski definition) is 4. The first-order valence-corrected chi connectivity index (χ1v) is 12.0. The third-order valence-corrected chi connectivity index (χ3v) is 6.16. The smallest absolute Gasteiger partial charge is 0.272 e. The van der Waals surface area contributed by atoms with Gasteiger partial charge >= 0.3 is 0 Å². The van der Waals surface area contributed by atoms with Crippen LogP contribution in [0, 0.1) is 5.82 Å². The molecule has 0 fully saturated rings. The minimum atomic E-state index is -0.577. The Hall–Kier alpha value is -3.87. The molecule has 0 aliphatic rings. The van der Waals surface area contributed by atoms with Crippen molar-refractivity contribution in [2.75, 3.05) is 0 Å². The van der Waals surface area contributed by atoms with Crippen molar-refractivity contribution in [1.29, 1.82) is 0 Å². The Labute approximate surface area is 203 Å². The number of aromatic hydroxyl groups is 2. The van der Waals surface area contributed by atoms with Crippen molar-refractivity contribution >= 4 is 10.8 Å². The van der Waals surface area contributed by atoms with Gasteiger partial charge in [0, 0.05) is 23.4 Å². The number of aromatic nitrogens is 3. The third kappa shape index (κ3) is 5.45. The van der Waals surface area contributed by atoms with Crippen LogP contribution in [-0.2, 0) is 12.8 Å². The van der Waals surface area contributed by atoms with Gasteiger partial charge in [-0.1, -0.05) is 62.6 Å². The average molecular weight is 476 g/mol. The van der Waals surface area contributed by atoms with E-state index in [1.807, 2.05) is 18.2 Å². The number of halogens is 1. The molecule has 2 heterocycles. The Morgan fingerprint density at radius 1 is 1.03 bits per heavy atom. The van der Waals surface area contributed by atoms with Crippen molar-refractivity contribution < 1.29 is 14.6 Å². The predicted octanol–water partition coefficient (Wildman–Crippen LogP) is 5.92. The second kappa shape index (κ2) is 11.0. The van der Waals surface area contributed by atoms with E-state index in [0.717, 1.165) is 22.8 Å². The van der Waals surface area contributed by atoms with E-state index in [2.05, 4.69) is 23.2 Å². The molecule has 0 bridgehead atoms. The molecule has 0 aliphatic carbocycles. The fourth-order valence-corrected chi connectivity index (χ4v) is 4.28. The van der Waals surface area contributed by atoms with Gasteiger partial charge in [-0.3, -0.25) is 4.79 Å². The standard InChI is InChI=1S/C28H30FN3O3/c1-2-3-4-5-6-7-8-11-20-18-26(33)32(28(20)35)25-17-19(14-15-23(25)29)16-24-21-12-9-10-13-22(21)27(34)31-30-24/h7-10,12-15,17-18,33,35H,2-6,11,16H2,1H3,(H,31,34). The summed E-state index contributed by atoms with van der Waals surface area (Å²) in [6.45, 7) is 2.18. The fourth-order valence-electron chi connectivity index (χ4n) is 4.28. The molecule has 0 aliphatic heterocycles. The first-order chi connectivity index (χ1) is 17.0. The SMILES string of the molecule is CCCCCCC=CCc1cc(O)n(-c2cc(Cc3n[nH]c(=O)c4ccccc34)ccc2F)c1O. The van der Waals surface area contributed by atoms with E-state index in [4.69, 9.17) is 0 Å². The summed E-state index contributed by atoms with van der Waals surface area (Å²) in [5.74, 6) is -1.01. The summed E-state index contributed by atoms with van der Waals surface area (Å²) < 4.78 is 15.9. The second-order valence-electron chi connectivity index (χ2n) is 8.72. The first kappa shape index (κ1) is 24.3. The molecule has 0 saturated carbocycles. The van der Waals surface area contributed by atoms with Crippen LogP contribution in [0.2, 0.25) is 0 Å². The lowest BCUT2D eigenvalue weighted by atomic mass is 10.0. The summed E-state index contributed by atoms with van der Waals surface area (Å²) in [4.78, 5) is 12.1. The summed E-state index contributed by atoms with van der Waals surface area (Å²) >= 11 is 0. The van der Waals surface area contributed by atoms with E-state index in [0.29, 0.717) is 35.0 Å². The van der Waals surface area contributed by atoms with Crippen LogP contribution in [0.3, 0.4) is 0 Å². The Morgan fingerprint density at radius 2 is 1.83 bits per heavy atom. The molecule has 0 atom stereocenters. The van der Waals surface area contributed by atoms with Crippen LogP contribution < -0.4 is 5.56 Å². The van der Waals surface area contributed by atoms with Gasteiger partial charge in [0.15, 0.2) is 5.88 Å². The van der Waals surface area contributed by atoms with E-state index in [9.17, 15) is 19.4 Å². The number of unbranched alkanes of at least 4 members (excludes halogenated alkanes) is 4. The monoisotopic (exact) mass is 475 g/mol. The lowest BCUT2D eigenvalue weighted by Gasteiger charge is -2.11. The summed E-state index contributed by atoms with van der Waals surface area (Å²) in [7, 11) is 0. The zero-order valence-electron chi connectivity index (χ0n) is 19.8. The van der Waals surface area contributed by atoms with Crippen LogP contribution >= 0.6 is 0 Å². The van der Waals surface area contributed by atoms with Crippen LogP contribution in [-0.4, -0.2) is 25.0 Å². The minimum absolute atomic E-state index is 0.0426. The maximum absolute atomic E-state index is 14.8. The molecule has 0 unspecified atom stereocenters. The maximum Gasteiger partial charge on any atom is 0.272 e. The lowest BCUT2D eigenvalue weighted by Crippen LogP contribution is -2.11. The van der Waals surface area contributed by atoms with Gasteiger partial charge in [-0.05, 0) is 43.0 Å². The maximum atomic E-state index is 14.8. The van der Waals surface area contributed by atoms with Crippen LogP contribution in [0.15, 0.2) is 65.5 Å². The van der Waals surface area contributed by atoms with Gasteiger partial charge in [0.25, 0.3) is 5.56 Å². The Kier molecular flexibility index (Phi) is 7.65. The molecule has 0 radical (unpaired) electrons. The molecule has 2 aromatic heterocycles. The van der Waals surface area contributed by atoms with Gasteiger partial charge < -0.3 is 10.2 Å². The number of rotatable bonds is 10. The number of H-pyrrole nitrogens is 1. The van der Waals surface area contributed by atoms with E-state index >= 15 is 0 Å². The first-order valence-electron chi connectivity index (χ1n) is 12.0. The number of fused-ring (bicyclic) bond motifs is 1. The number of allylic oxidation sites excluding steroid dienone is 2. The molecule has 182 valence electrons. The zero-order chi connectivity index (χ0) is 24.8. The van der Waals surface area contributed by atoms with Crippen LogP contribution in [0.25, 0.3) is 16.5 Å². The van der Waals surface area contributed by atoms with Gasteiger partial charge in [0.05, 0.1) is 16.8 Å². The summed E-state index contributed by atoms with van der Waals surface area (Å²) in [6, 6.07) is 13.1. The van der Waals surface area contributed by atoms with E-state index < -0.39 is 5.82 Å². The quantitative estimate of drug-likeness (QED) is 0.196. The molecule has 2 aromatic carbocycles. The number of nitrogens with zero attached hydrogens (tertiary/aromatic N) is 2. The normalized spacial score (nSPS) is 11.6. The molecule has 0 amide bonds. The van der Waals surface area contributed by atoms with Gasteiger partial charge in [-0.15, -0.1) is 0 Å². The van der Waals surface area contributed by atoms with Crippen molar-refractivity contribution in [1.82, 2.24) is 14.8 Å². The van der Waals surface area contributed by atoms with Crippen LogP contribution in [0.1, 0.15) is 55.8 Å². The fraction of sp³-hybridized carbons (Fsp3) is 0.286. The third-order valence-electron chi connectivity index (χ3n) is 6.16. The van der Waals surface area contributed by atoms with Crippen molar-refractivity contribution in [3.05, 3.63) is 93.7 Å². The van der Waals surface area contributed by atoms with E-state index in [1.54, 1.807) is 24.3 Å². The highest BCUT2D eigenvalue weighted by atomic mass is 19.1. The van der Waals surface area contributed by atoms with Gasteiger partial charge in [0.2, 0.25) is 5.88 Å². The highest BCUT2D eigenvalue weighted by Crippen LogP contribution is 2.34. The Bertz CT molecular complexity index is 1400. The predicted molar refractivity (Wildman–Crippen MR) is 136 cm³/mol. The highest BCUT2D eigenvalue weighted by molar-refractivity contribution is 5.83. The molecule has 4 aromatic rings. The number of nitrogens with one attached hydrogen (secondary N) is 1. The average Bonchev–Trinajstić information content (AvgIpc) is 3.14. The van der Waals surface area contributed by atoms with Crippen molar-refractivity contribution in [2.24, 2.45) is 0 Å². The largest absolute Gasteiger partial charge is 0.494 e. The van der Waals surface area contributed by atoms with E-state index in [-0.39, 0.29) is 23.0 Å². The molecule has 3 N–H and O–H groups in total. The highest BCUT2D eigenvalue weighted by Gasteiger charge is 2.18. The Morgan fingerprint density at radius 3 is 2.63 bits per heavy atom. The van der Waals surface area contributed by atoms with Crippen molar-refractivity contribution in [2.45, 2.75) is 51.9 Å². The number of hydrogen-bond donors (Lipinski definition) is 3. The molecule has 7 heteroatoms. The number of aromatic amines is 1. The zero-order valence-corrected chi connectivity index (χ0v) is 19.8. The van der Waals surface area contributed by atoms with Crippen LogP contribution in [0.5, 0.6) is 11.8 Å². The van der Waals surface area contributed by atoms with Gasteiger partial charge in [0.1, 0.15) is 5.82 Å². The molecule has 4 rings (SSSR count). The Balaban J connectivity index is 1.57. The summed E-state index contributed by atoms with van der Waals surface area (Å²) in [6.07, 6.45) is 10.5. The summed E-state index contributed by atoms with van der Waals surface area (Å²) in [5, 5.41) is 29.2. The van der Waals surface area contributed by atoms with Crippen molar-refractivity contribution in [3.63, 3.8) is 0 Å². The molecule has 0 saturated heterocycles. The van der Waals surface area contributed by atoms with Gasteiger partial charge in [-0.25, -0.2) is 14.1 Å². The molecular weight excluding hydrogens is 445 g/mol. The number of benzene rings is 2. The second-order valence-corrected chi connectivity index (χ2v) is 8.72. The summed E-state index contributed by atoms with van der Waals surface area (Å²) in [5.41, 5.74) is 1.65. The van der Waals surface area contributed by atoms with E-state index in [1.165, 1.54) is 31.4 Å². The topological polar surface area (TPSA) is 91.1 Å².